The van der Waals surface area contributed by atoms with Crippen molar-refractivity contribution in [2.75, 3.05) is 4.72 Å². The molecule has 0 amide bonds. The first-order valence-electron chi connectivity index (χ1n) is 3.64. The lowest BCUT2D eigenvalue weighted by Gasteiger charge is -2.10. The molecule has 0 aliphatic heterocycles. The molecule has 0 spiro atoms. The van der Waals surface area contributed by atoms with Crippen LogP contribution in [0.2, 0.25) is 0 Å². The molecule has 1 heterocycles. The molecule has 0 aliphatic carbocycles. The van der Waals surface area contributed by atoms with Crippen LogP contribution in [0, 0.1) is 0 Å². The van der Waals surface area contributed by atoms with Gasteiger partial charge in [0.1, 0.15) is 0 Å². The number of nitrogens with one attached hydrogen (secondary N) is 1. The highest BCUT2D eigenvalue weighted by Gasteiger charge is 2.01. The topological polar surface area (TPSA) is 19.0 Å². The minimum absolute atomic E-state index is 0.797. The van der Waals surface area contributed by atoms with E-state index in [2.05, 4.69) is 4.98 Å². The van der Waals surface area contributed by atoms with Crippen molar-refractivity contribution in [2.24, 2.45) is 0 Å². The summed E-state index contributed by atoms with van der Waals surface area (Å²) in [6.45, 7) is 0. The lowest BCUT2D eigenvalue weighted by molar-refractivity contribution is 1.46. The van der Waals surface area contributed by atoms with E-state index in [1.54, 1.807) is 6.20 Å². The summed E-state index contributed by atoms with van der Waals surface area (Å²) >= 11 is 0. The second-order valence-electron chi connectivity index (χ2n) is 2.63. The average molecular weight is 152 g/mol. The molecule has 4 heteroatoms. The van der Waals surface area contributed by atoms with Crippen molar-refractivity contribution in [1.29, 1.82) is 0 Å². The lowest BCUT2D eigenvalue weighted by Crippen LogP contribution is -2.12. The third kappa shape index (κ3) is 0.998. The summed E-state index contributed by atoms with van der Waals surface area (Å²) in [6, 6.07) is 7.85. The number of fused-ring (bicyclic) bond motifs is 1. The first kappa shape index (κ1) is 7.34. The summed E-state index contributed by atoms with van der Waals surface area (Å²) in [5, 5.41) is 1.03. The van der Waals surface area contributed by atoms with Crippen molar-refractivity contribution in [3.05, 3.63) is 30.5 Å². The number of para-hydroxylation sites is 1. The van der Waals surface area contributed by atoms with E-state index in [0.717, 1.165) is 21.3 Å². The molecule has 2 rings (SSSR count). The molecule has 0 fully saturated rings. The largest absolute Gasteiger partial charge is 0.477 e. The van der Waals surface area contributed by atoms with Gasteiger partial charge in [-0.2, -0.15) is 0 Å². The first-order chi connectivity index (χ1) is 5.79. The Hall–Kier alpha value is -1.31. The fraction of sp³-hybridized carbons (Fsp3) is 0. The van der Waals surface area contributed by atoms with Crippen LogP contribution in [-0.2, 0) is 0 Å². The molecule has 0 unspecified atom stereocenters. The average Bonchev–Trinajstić information content (AvgIpc) is 2.47. The van der Waals surface area contributed by atoms with Gasteiger partial charge in [-0.15, -0.1) is 0 Å². The minimum Gasteiger partial charge on any atom is -0.477 e. The molecule has 1 N–H and O–H groups in total. The number of hydrogen-bond acceptors (Lipinski definition) is 1. The van der Waals surface area contributed by atoms with Crippen LogP contribution < -0.4 is 4.72 Å². The summed E-state index contributed by atoms with van der Waals surface area (Å²) in [5.41, 5.74) is 1.83. The number of benzene rings is 1. The monoisotopic (exact) mass is 152 g/mol. The first-order valence-corrected chi connectivity index (χ1v) is 3.64. The van der Waals surface area contributed by atoms with E-state index in [-0.39, 0.29) is 0 Å². The van der Waals surface area contributed by atoms with E-state index >= 15 is 0 Å². The van der Waals surface area contributed by atoms with Crippen LogP contribution in [0.3, 0.4) is 0 Å². The van der Waals surface area contributed by atoms with Gasteiger partial charge in [0.15, 0.2) is 0 Å². The van der Waals surface area contributed by atoms with Gasteiger partial charge >= 0.3 is 0 Å². The molecule has 0 atom stereocenters. The smallest absolute Gasteiger partial charge is 0.209 e. The Bertz CT molecular complexity index is 395. The zero-order chi connectivity index (χ0) is 8.55. The number of aromatic nitrogens is 1. The second kappa shape index (κ2) is 2.63. The molecule has 0 aliphatic rings. The molecule has 1 aromatic carbocycles. The van der Waals surface area contributed by atoms with Gasteiger partial charge in [0.05, 0.1) is 0 Å². The Kier molecular flexibility index (Phi) is 1.61. The molecule has 1 aromatic heterocycles. The predicted octanol–water partition coefficient (Wildman–Crippen LogP) is 1.14. The number of anilines is 1. The van der Waals surface area contributed by atoms with E-state index in [1.807, 2.05) is 24.3 Å². The summed E-state index contributed by atoms with van der Waals surface area (Å²) in [4.78, 5) is 3.07. The highest BCUT2D eigenvalue weighted by Crippen LogP contribution is 2.23. The van der Waals surface area contributed by atoms with Gasteiger partial charge in [0.2, 0.25) is 16.0 Å². The van der Waals surface area contributed by atoms with E-state index < -0.39 is 0 Å². The summed E-state index contributed by atoms with van der Waals surface area (Å²) in [6.07, 6.45) is 1.78. The molecule has 54 valence electrons. The highest BCUT2D eigenvalue weighted by molar-refractivity contribution is 6.43. The highest BCUT2D eigenvalue weighted by atomic mass is 14.9. The standard InChI is InChI=1S/C8H6B2N2/c9-12(10)8-5-11-7-4-2-1-3-6(7)8/h1-5,11H. The van der Waals surface area contributed by atoms with Gasteiger partial charge in [0.25, 0.3) is 0 Å². The van der Waals surface area contributed by atoms with Crippen molar-refractivity contribution in [1.82, 2.24) is 4.98 Å². The fourth-order valence-corrected chi connectivity index (χ4v) is 1.27. The zero-order valence-corrected chi connectivity index (χ0v) is 6.49. The Morgan fingerprint density at radius 1 is 1.17 bits per heavy atom. The van der Waals surface area contributed by atoms with Crippen LogP contribution in [-0.4, -0.2) is 20.9 Å². The third-order valence-corrected chi connectivity index (χ3v) is 1.85. The lowest BCUT2D eigenvalue weighted by atomic mass is 10.1. The van der Waals surface area contributed by atoms with E-state index in [9.17, 15) is 0 Å². The van der Waals surface area contributed by atoms with Crippen molar-refractivity contribution < 1.29 is 0 Å². The number of H-pyrrole nitrogens is 1. The van der Waals surface area contributed by atoms with Gasteiger partial charge in [-0.05, 0) is 6.07 Å². The van der Waals surface area contributed by atoms with Gasteiger partial charge in [0, 0.05) is 22.8 Å². The summed E-state index contributed by atoms with van der Waals surface area (Å²) < 4.78 is 1.11. The quantitative estimate of drug-likeness (QED) is 0.606. The SMILES string of the molecule is [B]N([B])c1c[nH]c2ccccc12. The van der Waals surface area contributed by atoms with Crippen LogP contribution in [0.5, 0.6) is 0 Å². The Labute approximate surface area is 73.4 Å². The Morgan fingerprint density at radius 3 is 2.67 bits per heavy atom. The van der Waals surface area contributed by atoms with Gasteiger partial charge in [-0.1, -0.05) is 18.2 Å². The summed E-state index contributed by atoms with van der Waals surface area (Å²) in [7, 11) is 10.8. The molecule has 2 aromatic rings. The van der Waals surface area contributed by atoms with Crippen LogP contribution >= 0.6 is 0 Å². The molecule has 4 radical (unpaired) electrons. The summed E-state index contributed by atoms with van der Waals surface area (Å²) in [5.74, 6) is 0. The van der Waals surface area contributed by atoms with E-state index in [0.29, 0.717) is 0 Å². The maximum Gasteiger partial charge on any atom is 0.209 e. The molecular formula is C8H6B2N2. The molecule has 0 saturated carbocycles. The maximum absolute atomic E-state index is 5.42. The normalized spacial score (nSPS) is 10.3. The van der Waals surface area contributed by atoms with Gasteiger partial charge in [-0.25, -0.2) is 0 Å². The van der Waals surface area contributed by atoms with Crippen molar-refractivity contribution in [3.8, 4) is 0 Å². The van der Waals surface area contributed by atoms with E-state index in [1.165, 1.54) is 0 Å². The molecule has 2 nitrogen and oxygen atoms in total. The van der Waals surface area contributed by atoms with Crippen LogP contribution in [0.15, 0.2) is 30.5 Å². The van der Waals surface area contributed by atoms with Gasteiger partial charge < -0.3 is 9.71 Å². The Balaban J connectivity index is 2.70. The molecule has 12 heavy (non-hydrogen) atoms. The fourth-order valence-electron chi connectivity index (χ4n) is 1.27. The van der Waals surface area contributed by atoms with Crippen molar-refractivity contribution >= 4 is 32.6 Å². The van der Waals surface area contributed by atoms with Gasteiger partial charge in [-0.3, -0.25) is 0 Å². The Morgan fingerprint density at radius 2 is 1.92 bits per heavy atom. The number of nitrogens with zero attached hydrogens (tertiary/aromatic N) is 1. The van der Waals surface area contributed by atoms with Crippen molar-refractivity contribution in [3.63, 3.8) is 0 Å². The van der Waals surface area contributed by atoms with Crippen molar-refractivity contribution in [2.45, 2.75) is 0 Å². The van der Waals surface area contributed by atoms with Crippen LogP contribution in [0.1, 0.15) is 0 Å². The number of rotatable bonds is 1. The molecular weight excluding hydrogens is 146 g/mol. The second-order valence-corrected chi connectivity index (χ2v) is 2.63. The molecule has 0 bridgehead atoms. The third-order valence-electron chi connectivity index (χ3n) is 1.85. The van der Waals surface area contributed by atoms with Crippen LogP contribution in [0.25, 0.3) is 10.9 Å². The number of hydrogen-bond donors (Lipinski definition) is 1. The molecule has 0 saturated heterocycles. The minimum atomic E-state index is 0.797. The maximum atomic E-state index is 5.42. The predicted molar refractivity (Wildman–Crippen MR) is 52.3 cm³/mol. The van der Waals surface area contributed by atoms with E-state index in [4.69, 9.17) is 16.0 Å². The zero-order valence-electron chi connectivity index (χ0n) is 6.49. The number of aromatic amines is 1. The van der Waals surface area contributed by atoms with Crippen LogP contribution in [0.4, 0.5) is 5.69 Å².